The Morgan fingerprint density at radius 3 is 2.33 bits per heavy atom. The van der Waals surface area contributed by atoms with Crippen LogP contribution in [0.15, 0.2) is 53.6 Å². The molecule has 1 aliphatic rings. The first-order valence-corrected chi connectivity index (χ1v) is 9.52. The molecule has 3 rings (SSSR count). The van der Waals surface area contributed by atoms with E-state index in [1.165, 1.54) is 6.92 Å². The summed E-state index contributed by atoms with van der Waals surface area (Å²) in [6.45, 7) is 1.44. The Labute approximate surface area is 173 Å². The Bertz CT molecular complexity index is 959. The maximum absolute atomic E-state index is 12.4. The second-order valence-electron chi connectivity index (χ2n) is 7.40. The number of carboxylic acids is 1. The number of carboxylic acid groups (broad SMARTS) is 1. The number of nitrogens with zero attached hydrogens (tertiary/aromatic N) is 3. The van der Waals surface area contributed by atoms with Crippen LogP contribution in [-0.4, -0.2) is 35.5 Å². The molecule has 0 saturated heterocycles. The molecule has 0 fully saturated rings. The number of benzene rings is 2. The minimum Gasteiger partial charge on any atom is -0.480 e. The molecule has 30 heavy (non-hydrogen) atoms. The number of hydrogen-bond acceptors (Lipinski definition) is 5. The van der Waals surface area contributed by atoms with E-state index in [1.54, 1.807) is 0 Å². The molecule has 2 atom stereocenters. The van der Waals surface area contributed by atoms with Gasteiger partial charge in [0.25, 0.3) is 0 Å². The van der Waals surface area contributed by atoms with Crippen molar-refractivity contribution in [3.63, 3.8) is 0 Å². The van der Waals surface area contributed by atoms with Crippen molar-refractivity contribution < 1.29 is 19.4 Å². The van der Waals surface area contributed by atoms with Gasteiger partial charge < -0.3 is 20.9 Å². The van der Waals surface area contributed by atoms with Crippen LogP contribution < -0.4 is 11.1 Å². The van der Waals surface area contributed by atoms with Crippen LogP contribution in [0.3, 0.4) is 0 Å². The number of carbonyl (C=O) groups is 2. The van der Waals surface area contributed by atoms with Gasteiger partial charge in [-0.25, -0.2) is 9.59 Å². The van der Waals surface area contributed by atoms with E-state index in [-0.39, 0.29) is 25.4 Å². The molecule has 0 aliphatic heterocycles. The monoisotopic (exact) mass is 409 g/mol. The largest absolute Gasteiger partial charge is 0.480 e. The van der Waals surface area contributed by atoms with Gasteiger partial charge in [0.15, 0.2) is 0 Å². The summed E-state index contributed by atoms with van der Waals surface area (Å²) in [5.41, 5.74) is 16.7. The van der Waals surface area contributed by atoms with Crippen molar-refractivity contribution in [2.45, 2.75) is 37.4 Å². The van der Waals surface area contributed by atoms with Crippen LogP contribution in [0, 0.1) is 0 Å². The molecule has 9 heteroatoms. The van der Waals surface area contributed by atoms with Gasteiger partial charge in [-0.3, -0.25) is 0 Å². The SMILES string of the molecule is C[C@@](CCC(N)N=[N+]=[N-])(NC(=O)OCC1c2ccccc2-c2ccccc21)C(=O)O. The zero-order valence-corrected chi connectivity index (χ0v) is 16.5. The molecule has 1 aliphatic carbocycles. The normalized spacial score (nSPS) is 15.1. The maximum Gasteiger partial charge on any atom is 0.408 e. The van der Waals surface area contributed by atoms with Crippen molar-refractivity contribution in [1.82, 2.24) is 5.32 Å². The van der Waals surface area contributed by atoms with Gasteiger partial charge >= 0.3 is 12.1 Å². The van der Waals surface area contributed by atoms with Crippen molar-refractivity contribution in [2.24, 2.45) is 10.8 Å². The molecule has 1 unspecified atom stereocenters. The highest BCUT2D eigenvalue weighted by Gasteiger charge is 2.36. The summed E-state index contributed by atoms with van der Waals surface area (Å²) in [6, 6.07) is 15.9. The summed E-state index contributed by atoms with van der Waals surface area (Å²) in [7, 11) is 0. The van der Waals surface area contributed by atoms with Crippen LogP contribution in [0.25, 0.3) is 21.6 Å². The van der Waals surface area contributed by atoms with E-state index >= 15 is 0 Å². The number of azide groups is 1. The smallest absolute Gasteiger partial charge is 0.408 e. The van der Waals surface area contributed by atoms with E-state index < -0.39 is 23.8 Å². The van der Waals surface area contributed by atoms with Crippen molar-refractivity contribution in [1.29, 1.82) is 0 Å². The van der Waals surface area contributed by atoms with Gasteiger partial charge in [-0.1, -0.05) is 53.6 Å². The highest BCUT2D eigenvalue weighted by molar-refractivity contribution is 5.84. The number of nitrogens with two attached hydrogens (primary N) is 1. The number of nitrogens with one attached hydrogen (secondary N) is 1. The Hall–Kier alpha value is -3.55. The zero-order valence-electron chi connectivity index (χ0n) is 16.5. The Morgan fingerprint density at radius 1 is 1.23 bits per heavy atom. The lowest BCUT2D eigenvalue weighted by Crippen LogP contribution is -2.53. The molecule has 0 heterocycles. The Morgan fingerprint density at radius 2 is 1.80 bits per heavy atom. The first-order valence-electron chi connectivity index (χ1n) is 9.52. The molecule has 0 saturated carbocycles. The van der Waals surface area contributed by atoms with Gasteiger partial charge in [0.05, 0.1) is 6.17 Å². The number of aliphatic carboxylic acids is 1. The predicted molar refractivity (Wildman–Crippen MR) is 111 cm³/mol. The van der Waals surface area contributed by atoms with Crippen LogP contribution in [0.2, 0.25) is 0 Å². The second kappa shape index (κ2) is 8.86. The number of ether oxygens (including phenoxy) is 1. The van der Waals surface area contributed by atoms with Gasteiger partial charge in [-0.2, -0.15) is 0 Å². The lowest BCUT2D eigenvalue weighted by Gasteiger charge is -2.27. The lowest BCUT2D eigenvalue weighted by molar-refractivity contribution is -0.144. The number of carbonyl (C=O) groups excluding carboxylic acids is 1. The highest BCUT2D eigenvalue weighted by atomic mass is 16.5. The Balaban J connectivity index is 1.67. The molecule has 2 aromatic carbocycles. The van der Waals surface area contributed by atoms with Crippen LogP contribution >= 0.6 is 0 Å². The third-order valence-corrected chi connectivity index (χ3v) is 5.33. The average Bonchev–Trinajstić information content (AvgIpc) is 3.05. The fourth-order valence-corrected chi connectivity index (χ4v) is 3.64. The summed E-state index contributed by atoms with van der Waals surface area (Å²) in [5, 5.41) is 15.3. The molecular weight excluding hydrogens is 386 g/mol. The first kappa shape index (κ1) is 21.2. The molecule has 1 amide bonds. The number of alkyl carbamates (subject to hydrolysis) is 1. The molecule has 2 aromatic rings. The number of fused-ring (bicyclic) bond motifs is 3. The highest BCUT2D eigenvalue weighted by Crippen LogP contribution is 2.44. The zero-order chi connectivity index (χ0) is 21.7. The number of hydrogen-bond donors (Lipinski definition) is 3. The molecule has 0 radical (unpaired) electrons. The molecule has 4 N–H and O–H groups in total. The first-order chi connectivity index (χ1) is 14.4. The van der Waals surface area contributed by atoms with Gasteiger partial charge in [0.2, 0.25) is 0 Å². The van der Waals surface area contributed by atoms with Gasteiger partial charge in [0.1, 0.15) is 12.1 Å². The number of amides is 1. The lowest BCUT2D eigenvalue weighted by atomic mass is 9.95. The van der Waals surface area contributed by atoms with Crippen molar-refractivity contribution in [2.75, 3.05) is 6.61 Å². The third kappa shape index (κ3) is 4.37. The molecular formula is C21H23N5O4. The van der Waals surface area contributed by atoms with E-state index in [1.807, 2.05) is 48.5 Å². The van der Waals surface area contributed by atoms with Crippen LogP contribution in [0.1, 0.15) is 36.8 Å². The minimum atomic E-state index is -1.61. The van der Waals surface area contributed by atoms with E-state index in [0.29, 0.717) is 0 Å². The fraction of sp³-hybridized carbons (Fsp3) is 0.333. The van der Waals surface area contributed by atoms with Gasteiger partial charge in [0, 0.05) is 10.8 Å². The van der Waals surface area contributed by atoms with Crippen molar-refractivity contribution in [3.05, 3.63) is 70.1 Å². The molecule has 0 bridgehead atoms. The van der Waals surface area contributed by atoms with E-state index in [0.717, 1.165) is 22.3 Å². The van der Waals surface area contributed by atoms with E-state index in [4.69, 9.17) is 16.0 Å². The number of rotatable bonds is 8. The second-order valence-corrected chi connectivity index (χ2v) is 7.40. The molecule has 9 nitrogen and oxygen atoms in total. The van der Waals surface area contributed by atoms with E-state index in [9.17, 15) is 14.7 Å². The quantitative estimate of drug-likeness (QED) is 0.345. The van der Waals surface area contributed by atoms with Gasteiger partial charge in [-0.05, 0) is 47.6 Å². The van der Waals surface area contributed by atoms with E-state index in [2.05, 4.69) is 15.3 Å². The molecule has 0 spiro atoms. The summed E-state index contributed by atoms with van der Waals surface area (Å²) in [4.78, 5) is 26.7. The van der Waals surface area contributed by atoms with Gasteiger partial charge in [-0.15, -0.1) is 0 Å². The summed E-state index contributed by atoms with van der Waals surface area (Å²) < 4.78 is 5.41. The summed E-state index contributed by atoms with van der Waals surface area (Å²) in [6.07, 6.45) is -1.64. The van der Waals surface area contributed by atoms with Crippen molar-refractivity contribution >= 4 is 12.1 Å². The fourth-order valence-electron chi connectivity index (χ4n) is 3.64. The predicted octanol–water partition coefficient (Wildman–Crippen LogP) is 3.74. The topological polar surface area (TPSA) is 150 Å². The molecule has 0 aromatic heterocycles. The summed E-state index contributed by atoms with van der Waals surface area (Å²) in [5.74, 6) is -1.36. The minimum absolute atomic E-state index is 0.0211. The van der Waals surface area contributed by atoms with Crippen molar-refractivity contribution in [3.8, 4) is 11.1 Å². The standard InChI is InChI=1S/C21H23N5O4/c1-21(19(27)28,11-10-18(22)25-26-23)24-20(29)30-12-17-15-8-4-2-6-13(15)14-7-3-5-9-16(14)17/h2-9,17-18H,10-12,22H2,1H3,(H,24,29)(H,27,28)/t18?,21-/m0/s1. The Kier molecular flexibility index (Phi) is 6.25. The summed E-state index contributed by atoms with van der Waals surface area (Å²) >= 11 is 0. The van der Waals surface area contributed by atoms with Crippen LogP contribution in [0.4, 0.5) is 4.79 Å². The molecule has 156 valence electrons. The van der Waals surface area contributed by atoms with Crippen LogP contribution in [0.5, 0.6) is 0 Å². The average molecular weight is 409 g/mol. The maximum atomic E-state index is 12.4. The van der Waals surface area contributed by atoms with Crippen LogP contribution in [-0.2, 0) is 9.53 Å². The third-order valence-electron chi connectivity index (χ3n) is 5.33.